The second-order valence-electron chi connectivity index (χ2n) is 5.55. The Balaban J connectivity index is 2.00. The molecule has 2 N–H and O–H groups in total. The maximum absolute atomic E-state index is 12.1. The molecular weight excluding hydrogens is 254 g/mol. The van der Waals surface area contributed by atoms with Crippen LogP contribution in [-0.2, 0) is 4.79 Å². The molecule has 1 fully saturated rings. The number of rotatable bonds is 7. The van der Waals surface area contributed by atoms with Crippen molar-refractivity contribution in [2.24, 2.45) is 5.92 Å². The molecule has 110 valence electrons. The van der Waals surface area contributed by atoms with Gasteiger partial charge in [-0.05, 0) is 44.4 Å². The fourth-order valence-electron chi connectivity index (χ4n) is 2.38. The molecule has 5 heteroatoms. The van der Waals surface area contributed by atoms with E-state index in [0.717, 1.165) is 24.1 Å². The summed E-state index contributed by atoms with van der Waals surface area (Å²) >= 11 is 0. The third kappa shape index (κ3) is 4.02. The normalized spacial score (nSPS) is 16.2. The van der Waals surface area contributed by atoms with Crippen LogP contribution in [0, 0.1) is 12.8 Å². The number of hydrogen-bond acceptors (Lipinski definition) is 4. The molecule has 0 bridgehead atoms. The van der Waals surface area contributed by atoms with Gasteiger partial charge in [-0.3, -0.25) is 14.7 Å². The zero-order chi connectivity index (χ0) is 14.5. The molecule has 0 radical (unpaired) electrons. The fourth-order valence-corrected chi connectivity index (χ4v) is 2.38. The van der Waals surface area contributed by atoms with Gasteiger partial charge in [-0.2, -0.15) is 0 Å². The zero-order valence-corrected chi connectivity index (χ0v) is 12.2. The van der Waals surface area contributed by atoms with E-state index >= 15 is 0 Å². The van der Waals surface area contributed by atoms with Crippen molar-refractivity contribution >= 4 is 5.91 Å². The number of carbonyl (C=O) groups excluding carboxylic acids is 1. The van der Waals surface area contributed by atoms with Crippen molar-refractivity contribution in [2.45, 2.75) is 25.8 Å². The van der Waals surface area contributed by atoms with Gasteiger partial charge in [0.1, 0.15) is 0 Å². The summed E-state index contributed by atoms with van der Waals surface area (Å²) in [5.41, 5.74) is 2.10. The van der Waals surface area contributed by atoms with Crippen LogP contribution < -0.4 is 5.32 Å². The number of nitrogens with one attached hydrogen (secondary N) is 1. The van der Waals surface area contributed by atoms with Crippen LogP contribution >= 0.6 is 0 Å². The molecule has 0 unspecified atom stereocenters. The van der Waals surface area contributed by atoms with Gasteiger partial charge in [0.25, 0.3) is 0 Å². The first-order valence-electron chi connectivity index (χ1n) is 7.12. The van der Waals surface area contributed by atoms with Crippen molar-refractivity contribution in [2.75, 3.05) is 26.7 Å². The monoisotopic (exact) mass is 277 g/mol. The number of likely N-dealkylation sites (N-methyl/N-ethyl adjacent to an activating group) is 1. The number of aliphatic hydroxyl groups excluding tert-OH is 1. The van der Waals surface area contributed by atoms with E-state index in [1.54, 1.807) is 6.20 Å². The topological polar surface area (TPSA) is 65.5 Å². The second-order valence-corrected chi connectivity index (χ2v) is 5.55. The summed E-state index contributed by atoms with van der Waals surface area (Å²) in [7, 11) is 1.83. The minimum atomic E-state index is -0.0112. The Morgan fingerprint density at radius 2 is 2.35 bits per heavy atom. The third-order valence-corrected chi connectivity index (χ3v) is 3.65. The molecule has 5 nitrogen and oxygen atoms in total. The fraction of sp³-hybridized carbons (Fsp3) is 0.600. The van der Waals surface area contributed by atoms with Gasteiger partial charge in [0, 0.05) is 12.7 Å². The average Bonchev–Trinajstić information content (AvgIpc) is 3.21. The number of amides is 1. The van der Waals surface area contributed by atoms with E-state index in [9.17, 15) is 4.79 Å². The lowest BCUT2D eigenvalue weighted by molar-refractivity contribution is -0.123. The van der Waals surface area contributed by atoms with Crippen LogP contribution in [0.4, 0.5) is 0 Å². The van der Waals surface area contributed by atoms with Gasteiger partial charge in [-0.1, -0.05) is 6.07 Å². The van der Waals surface area contributed by atoms with E-state index in [1.165, 1.54) is 0 Å². The van der Waals surface area contributed by atoms with E-state index in [1.807, 2.05) is 31.0 Å². The lowest BCUT2D eigenvalue weighted by Crippen LogP contribution is -2.39. The van der Waals surface area contributed by atoms with Crippen molar-refractivity contribution < 1.29 is 9.90 Å². The van der Waals surface area contributed by atoms with E-state index in [0.29, 0.717) is 19.0 Å². The van der Waals surface area contributed by atoms with Crippen molar-refractivity contribution in [3.8, 4) is 0 Å². The molecule has 1 aliphatic carbocycles. The summed E-state index contributed by atoms with van der Waals surface area (Å²) in [6, 6.07) is 3.97. The lowest BCUT2D eigenvalue weighted by Gasteiger charge is -2.21. The van der Waals surface area contributed by atoms with E-state index < -0.39 is 0 Å². The number of aryl methyl sites for hydroxylation is 1. The first-order valence-corrected chi connectivity index (χ1v) is 7.12. The maximum atomic E-state index is 12.1. The number of carbonyl (C=O) groups is 1. The Bertz CT molecular complexity index is 460. The molecular formula is C15H23N3O2. The highest BCUT2D eigenvalue weighted by Crippen LogP contribution is 2.41. The summed E-state index contributed by atoms with van der Waals surface area (Å²) in [4.78, 5) is 18.3. The second kappa shape index (κ2) is 6.81. The molecule has 1 atom stereocenters. The Hall–Kier alpha value is -1.46. The SMILES string of the molecule is Cc1cccnc1[C@@H](NC(=O)CN(C)CCO)C1CC1. The standard InChI is InChI=1S/C15H23N3O2/c1-11-4-3-7-16-14(11)15(12-5-6-12)17-13(20)10-18(2)8-9-19/h3-4,7,12,15,19H,5-6,8-10H2,1-2H3,(H,17,20)/t15-/m0/s1. The van der Waals surface area contributed by atoms with E-state index in [2.05, 4.69) is 10.3 Å². The Kier molecular flexibility index (Phi) is 5.09. The lowest BCUT2D eigenvalue weighted by atomic mass is 10.0. The first kappa shape index (κ1) is 14.9. The first-order chi connectivity index (χ1) is 9.61. The molecule has 1 aromatic heterocycles. The summed E-state index contributed by atoms with van der Waals surface area (Å²) in [5, 5.41) is 12.0. The molecule has 0 saturated heterocycles. The summed E-state index contributed by atoms with van der Waals surface area (Å²) < 4.78 is 0. The number of aliphatic hydroxyl groups is 1. The van der Waals surface area contributed by atoms with E-state index in [-0.39, 0.29) is 18.6 Å². The molecule has 20 heavy (non-hydrogen) atoms. The predicted octanol–water partition coefficient (Wildman–Crippen LogP) is 0.881. The van der Waals surface area contributed by atoms with Crippen LogP contribution in [0.25, 0.3) is 0 Å². The van der Waals surface area contributed by atoms with Gasteiger partial charge < -0.3 is 10.4 Å². The maximum Gasteiger partial charge on any atom is 0.234 e. The number of hydrogen-bond donors (Lipinski definition) is 2. The summed E-state index contributed by atoms with van der Waals surface area (Å²) in [5.74, 6) is 0.499. The molecule has 1 saturated carbocycles. The van der Waals surface area contributed by atoms with Crippen molar-refractivity contribution in [3.05, 3.63) is 29.6 Å². The number of nitrogens with zero attached hydrogens (tertiary/aromatic N) is 2. The highest BCUT2D eigenvalue weighted by Gasteiger charge is 2.35. The molecule has 1 amide bonds. The minimum absolute atomic E-state index is 0.0112. The summed E-state index contributed by atoms with van der Waals surface area (Å²) in [6.07, 6.45) is 4.07. The van der Waals surface area contributed by atoms with Crippen LogP contribution in [0.15, 0.2) is 18.3 Å². The van der Waals surface area contributed by atoms with Crippen molar-refractivity contribution in [1.82, 2.24) is 15.2 Å². The largest absolute Gasteiger partial charge is 0.395 e. The highest BCUT2D eigenvalue weighted by molar-refractivity contribution is 5.78. The molecule has 0 aromatic carbocycles. The molecule has 1 aliphatic rings. The minimum Gasteiger partial charge on any atom is -0.395 e. The molecule has 1 heterocycles. The van der Waals surface area contributed by atoms with Crippen LogP contribution in [0.1, 0.15) is 30.1 Å². The van der Waals surface area contributed by atoms with Crippen LogP contribution in [-0.4, -0.2) is 47.6 Å². The quantitative estimate of drug-likeness (QED) is 0.776. The Morgan fingerprint density at radius 3 is 2.95 bits per heavy atom. The van der Waals surface area contributed by atoms with Gasteiger partial charge in [0.15, 0.2) is 0 Å². The van der Waals surface area contributed by atoms with Crippen molar-refractivity contribution in [1.29, 1.82) is 0 Å². The van der Waals surface area contributed by atoms with Gasteiger partial charge in [-0.25, -0.2) is 0 Å². The van der Waals surface area contributed by atoms with Crippen LogP contribution in [0.5, 0.6) is 0 Å². The van der Waals surface area contributed by atoms with Gasteiger partial charge in [-0.15, -0.1) is 0 Å². The van der Waals surface area contributed by atoms with Gasteiger partial charge in [0.05, 0.1) is 24.9 Å². The van der Waals surface area contributed by atoms with Crippen LogP contribution in [0.3, 0.4) is 0 Å². The smallest absolute Gasteiger partial charge is 0.234 e. The third-order valence-electron chi connectivity index (χ3n) is 3.65. The predicted molar refractivity (Wildman–Crippen MR) is 77.2 cm³/mol. The van der Waals surface area contributed by atoms with Gasteiger partial charge >= 0.3 is 0 Å². The van der Waals surface area contributed by atoms with Crippen molar-refractivity contribution in [3.63, 3.8) is 0 Å². The number of pyridine rings is 1. The molecule has 2 rings (SSSR count). The van der Waals surface area contributed by atoms with E-state index in [4.69, 9.17) is 5.11 Å². The molecule has 0 aliphatic heterocycles. The highest BCUT2D eigenvalue weighted by atomic mass is 16.3. The zero-order valence-electron chi connectivity index (χ0n) is 12.2. The summed E-state index contributed by atoms with van der Waals surface area (Å²) in [6.45, 7) is 2.90. The molecule has 0 spiro atoms. The average molecular weight is 277 g/mol. The Morgan fingerprint density at radius 1 is 1.60 bits per heavy atom. The molecule has 1 aromatic rings. The van der Waals surface area contributed by atoms with Crippen LogP contribution in [0.2, 0.25) is 0 Å². The Labute approximate surface area is 120 Å². The number of aromatic nitrogens is 1. The van der Waals surface area contributed by atoms with Gasteiger partial charge in [0.2, 0.25) is 5.91 Å².